The van der Waals surface area contributed by atoms with Gasteiger partial charge in [-0.2, -0.15) is 12.6 Å². The van der Waals surface area contributed by atoms with E-state index in [9.17, 15) is 14.4 Å². The summed E-state index contributed by atoms with van der Waals surface area (Å²) in [5, 5.41) is 11.0. The minimum atomic E-state index is -0.685. The number of nitrogens with one attached hydrogen (secondary N) is 1. The number of fused-ring (bicyclic) bond motifs is 2. The van der Waals surface area contributed by atoms with Crippen LogP contribution in [0.4, 0.5) is 0 Å². The van der Waals surface area contributed by atoms with E-state index in [0.29, 0.717) is 17.6 Å². The van der Waals surface area contributed by atoms with E-state index in [1.54, 1.807) is 30.2 Å². The van der Waals surface area contributed by atoms with Crippen LogP contribution in [0.15, 0.2) is 52.3 Å². The van der Waals surface area contributed by atoms with Crippen molar-refractivity contribution in [3.05, 3.63) is 48.0 Å². The zero-order valence-electron chi connectivity index (χ0n) is 17.4. The molecule has 2 aromatic rings. The average Bonchev–Trinajstić information content (AvgIpc) is 3.23. The Morgan fingerprint density at radius 1 is 1.23 bits per heavy atom. The van der Waals surface area contributed by atoms with Crippen LogP contribution in [0.2, 0.25) is 0 Å². The zero-order valence-corrected chi connectivity index (χ0v) is 19.1. The van der Waals surface area contributed by atoms with Gasteiger partial charge in [0.2, 0.25) is 0 Å². The summed E-state index contributed by atoms with van der Waals surface area (Å²) < 4.78 is 5.80. The quantitative estimate of drug-likeness (QED) is 0.403. The fraction of sp³-hybridized carbons (Fsp3) is 0.318. The molecule has 0 spiro atoms. The third kappa shape index (κ3) is 6.75. The Bertz CT molecular complexity index is 923. The molecule has 1 unspecified atom stereocenters. The highest BCUT2D eigenvalue weighted by Crippen LogP contribution is 2.46. The van der Waals surface area contributed by atoms with Gasteiger partial charge in [0.1, 0.15) is 23.8 Å². The molecular weight excluding hydrogens is 436 g/mol. The van der Waals surface area contributed by atoms with E-state index in [4.69, 9.17) is 9.84 Å². The molecule has 0 bridgehead atoms. The van der Waals surface area contributed by atoms with Gasteiger partial charge in [-0.3, -0.25) is 14.5 Å². The number of hydrogen-bond donors (Lipinski definition) is 3. The molecule has 166 valence electrons. The van der Waals surface area contributed by atoms with Crippen molar-refractivity contribution in [1.82, 2.24) is 10.2 Å². The van der Waals surface area contributed by atoms with Crippen molar-refractivity contribution in [3.63, 3.8) is 0 Å². The molecule has 2 N–H and O–H groups in total. The monoisotopic (exact) mass is 462 g/mol. The number of likely N-dealkylation sites (N-methyl/N-ethyl adjacent to an activating group) is 1. The summed E-state index contributed by atoms with van der Waals surface area (Å²) in [6.45, 7) is 0.936. The van der Waals surface area contributed by atoms with Crippen molar-refractivity contribution in [1.29, 1.82) is 0 Å². The number of likely N-dealkylation sites (tertiary alicyclic amines) is 1. The number of rotatable bonds is 4. The van der Waals surface area contributed by atoms with Crippen LogP contribution in [-0.4, -0.2) is 60.6 Å². The smallest absolute Gasteiger partial charge is 0.320 e. The molecule has 0 aromatic heterocycles. The highest BCUT2D eigenvalue weighted by molar-refractivity contribution is 7.99. The van der Waals surface area contributed by atoms with E-state index in [2.05, 4.69) is 17.9 Å². The molecule has 2 heterocycles. The number of carboxylic acids is 1. The molecule has 2 aromatic carbocycles. The predicted molar refractivity (Wildman–Crippen MR) is 124 cm³/mol. The van der Waals surface area contributed by atoms with Crippen LogP contribution in [0.1, 0.15) is 23.2 Å². The van der Waals surface area contributed by atoms with E-state index in [-0.39, 0.29) is 18.5 Å². The van der Waals surface area contributed by atoms with Gasteiger partial charge in [0.15, 0.2) is 0 Å². The SMILES string of the molecule is CN1CCCC1C(=O)O.CS.O=CCNC(=O)c1ccc2c(c1)Oc1ccccc1S2. The molecule has 7 nitrogen and oxygen atoms in total. The van der Waals surface area contributed by atoms with E-state index >= 15 is 0 Å². The van der Waals surface area contributed by atoms with Gasteiger partial charge in [0.25, 0.3) is 5.91 Å². The Kier molecular flexibility index (Phi) is 9.90. The third-order valence-electron chi connectivity index (χ3n) is 4.65. The van der Waals surface area contributed by atoms with Gasteiger partial charge < -0.3 is 20.0 Å². The standard InChI is InChI=1S/C15H11NO3S.C6H11NO2.CH4S/c17-8-7-16-15(18)10-5-6-14-12(9-10)19-11-3-1-2-4-13(11)20-14;1-7-4-2-3-5(7)6(8)9;1-2/h1-6,8-9H,7H2,(H,16,18);5H,2-4H2,1H3,(H,8,9);2H,1H3. The maximum absolute atomic E-state index is 11.8. The highest BCUT2D eigenvalue weighted by atomic mass is 32.2. The summed E-state index contributed by atoms with van der Waals surface area (Å²) in [5.41, 5.74) is 0.477. The van der Waals surface area contributed by atoms with Gasteiger partial charge >= 0.3 is 5.97 Å². The van der Waals surface area contributed by atoms with Gasteiger partial charge in [-0.25, -0.2) is 0 Å². The largest absolute Gasteiger partial charge is 0.480 e. The summed E-state index contributed by atoms with van der Waals surface area (Å²) in [6, 6.07) is 12.8. The number of carbonyl (C=O) groups is 3. The summed E-state index contributed by atoms with van der Waals surface area (Å²) in [5.74, 6) is 0.477. The second-order valence-corrected chi connectivity index (χ2v) is 7.75. The lowest BCUT2D eigenvalue weighted by atomic mass is 10.2. The van der Waals surface area contributed by atoms with E-state index in [0.717, 1.165) is 34.9 Å². The summed E-state index contributed by atoms with van der Waals surface area (Å²) in [4.78, 5) is 36.3. The van der Waals surface area contributed by atoms with Crippen molar-refractivity contribution in [2.45, 2.75) is 28.7 Å². The van der Waals surface area contributed by atoms with Crippen molar-refractivity contribution in [2.75, 3.05) is 26.4 Å². The second kappa shape index (κ2) is 12.4. The van der Waals surface area contributed by atoms with Gasteiger partial charge in [-0.15, -0.1) is 0 Å². The number of hydrogen-bond acceptors (Lipinski definition) is 7. The molecule has 0 saturated carbocycles. The highest BCUT2D eigenvalue weighted by Gasteiger charge is 2.26. The normalized spacial score (nSPS) is 16.2. The summed E-state index contributed by atoms with van der Waals surface area (Å²) in [6.07, 6.45) is 4.18. The fourth-order valence-electron chi connectivity index (χ4n) is 3.13. The van der Waals surface area contributed by atoms with Crippen LogP contribution in [-0.2, 0) is 9.59 Å². The van der Waals surface area contributed by atoms with Crippen molar-refractivity contribution < 1.29 is 24.2 Å². The molecule has 9 heteroatoms. The number of ether oxygens (including phenoxy) is 1. The van der Waals surface area contributed by atoms with E-state index < -0.39 is 5.97 Å². The lowest BCUT2D eigenvalue weighted by Crippen LogP contribution is -2.32. The number of aliphatic carboxylic acids is 1. The first kappa shape index (κ1) is 24.8. The molecule has 1 saturated heterocycles. The number of benzene rings is 2. The van der Waals surface area contributed by atoms with Crippen molar-refractivity contribution in [2.24, 2.45) is 0 Å². The van der Waals surface area contributed by atoms with Gasteiger partial charge in [0, 0.05) is 5.56 Å². The van der Waals surface area contributed by atoms with Gasteiger partial charge in [-0.05, 0) is 63.0 Å². The molecule has 0 radical (unpaired) electrons. The fourth-order valence-corrected chi connectivity index (χ4v) is 4.06. The van der Waals surface area contributed by atoms with Gasteiger partial charge in [-0.1, -0.05) is 23.9 Å². The zero-order chi connectivity index (χ0) is 22.8. The lowest BCUT2D eigenvalue weighted by molar-refractivity contribution is -0.141. The summed E-state index contributed by atoms with van der Waals surface area (Å²) >= 11 is 5.14. The number of carbonyl (C=O) groups excluding carboxylic acids is 2. The van der Waals surface area contributed by atoms with E-state index in [1.807, 2.05) is 42.3 Å². The molecule has 2 aliphatic rings. The molecule has 0 aliphatic carbocycles. The van der Waals surface area contributed by atoms with Crippen LogP contribution in [0.3, 0.4) is 0 Å². The Balaban J connectivity index is 0.000000261. The number of thiol groups is 1. The molecule has 1 atom stereocenters. The molecule has 2 aliphatic heterocycles. The van der Waals surface area contributed by atoms with Crippen LogP contribution < -0.4 is 10.1 Å². The third-order valence-corrected chi connectivity index (χ3v) is 5.76. The average molecular weight is 463 g/mol. The Morgan fingerprint density at radius 2 is 1.94 bits per heavy atom. The number of aldehydes is 1. The lowest BCUT2D eigenvalue weighted by Gasteiger charge is -2.19. The first-order valence-electron chi connectivity index (χ1n) is 9.68. The minimum absolute atomic E-state index is 0.00829. The Labute approximate surface area is 191 Å². The van der Waals surface area contributed by atoms with Crippen molar-refractivity contribution >= 4 is 42.6 Å². The van der Waals surface area contributed by atoms with Crippen molar-refractivity contribution in [3.8, 4) is 11.5 Å². The molecule has 1 fully saturated rings. The summed E-state index contributed by atoms with van der Waals surface area (Å²) in [7, 11) is 1.85. The number of carboxylic acid groups (broad SMARTS) is 1. The predicted octanol–water partition coefficient (Wildman–Crippen LogP) is 3.58. The topological polar surface area (TPSA) is 95.9 Å². The minimum Gasteiger partial charge on any atom is -0.480 e. The van der Waals surface area contributed by atoms with Crippen LogP contribution >= 0.6 is 24.4 Å². The van der Waals surface area contributed by atoms with Crippen LogP contribution in [0, 0.1) is 0 Å². The molecular formula is C22H26N2O5S2. The number of nitrogens with zero attached hydrogens (tertiary/aromatic N) is 1. The van der Waals surface area contributed by atoms with Gasteiger partial charge in [0.05, 0.1) is 16.3 Å². The number of amides is 1. The first-order chi connectivity index (χ1) is 15.0. The Morgan fingerprint density at radius 3 is 2.55 bits per heavy atom. The maximum atomic E-state index is 11.8. The first-order valence-corrected chi connectivity index (χ1v) is 11.4. The molecule has 4 rings (SSSR count). The van der Waals surface area contributed by atoms with Crippen LogP contribution in [0.5, 0.6) is 11.5 Å². The maximum Gasteiger partial charge on any atom is 0.320 e. The number of para-hydroxylation sites is 1. The van der Waals surface area contributed by atoms with Crippen LogP contribution in [0.25, 0.3) is 0 Å². The van der Waals surface area contributed by atoms with E-state index in [1.165, 1.54) is 0 Å². The molecule has 1 amide bonds. The molecule has 31 heavy (non-hydrogen) atoms. The second-order valence-electron chi connectivity index (χ2n) is 6.67. The Hall–Kier alpha value is -2.49.